The molecule has 0 aromatic carbocycles. The Hall–Kier alpha value is -1.69. The molecule has 2 fully saturated rings. The minimum Gasteiger partial charge on any atom is -0.356 e. The Labute approximate surface area is 118 Å². The fourth-order valence-electron chi connectivity index (χ4n) is 3.69. The van der Waals surface area contributed by atoms with Gasteiger partial charge in [0, 0.05) is 36.9 Å². The number of aryl methyl sites for hydroxylation is 1. The lowest BCUT2D eigenvalue weighted by molar-refractivity contribution is 0.353. The standard InChI is InChI=1S/C14H20N6/c1-9-5-13(20-14(17-9)15-8-16-20)19(2)12-6-10-3-4-11(7-12)18-10/h5,8,10-12,18H,3-4,6-7H2,1-2H3. The number of nitrogens with one attached hydrogen (secondary N) is 1. The van der Waals surface area contributed by atoms with Gasteiger partial charge in [-0.25, -0.2) is 4.98 Å². The van der Waals surface area contributed by atoms with Crippen LogP contribution in [0.4, 0.5) is 5.82 Å². The van der Waals surface area contributed by atoms with Gasteiger partial charge < -0.3 is 10.2 Å². The van der Waals surface area contributed by atoms with E-state index >= 15 is 0 Å². The average molecular weight is 272 g/mol. The number of rotatable bonds is 2. The highest BCUT2D eigenvalue weighted by atomic mass is 15.4. The highest BCUT2D eigenvalue weighted by Crippen LogP contribution is 2.31. The summed E-state index contributed by atoms with van der Waals surface area (Å²) in [7, 11) is 2.17. The third-order valence-corrected chi connectivity index (χ3v) is 4.72. The van der Waals surface area contributed by atoms with Crippen molar-refractivity contribution in [2.45, 2.75) is 50.7 Å². The minimum atomic E-state index is 0.572. The molecule has 2 saturated heterocycles. The van der Waals surface area contributed by atoms with Gasteiger partial charge in [-0.05, 0) is 32.6 Å². The topological polar surface area (TPSA) is 58.4 Å². The zero-order valence-corrected chi connectivity index (χ0v) is 12.0. The van der Waals surface area contributed by atoms with Crippen LogP contribution in [-0.2, 0) is 0 Å². The van der Waals surface area contributed by atoms with E-state index in [0.29, 0.717) is 23.9 Å². The maximum Gasteiger partial charge on any atom is 0.254 e. The molecule has 106 valence electrons. The molecular weight excluding hydrogens is 252 g/mol. The monoisotopic (exact) mass is 272 g/mol. The lowest BCUT2D eigenvalue weighted by atomic mass is 9.98. The van der Waals surface area contributed by atoms with E-state index in [-0.39, 0.29) is 0 Å². The number of hydrogen-bond donors (Lipinski definition) is 1. The van der Waals surface area contributed by atoms with Gasteiger partial charge in [0.15, 0.2) is 0 Å². The van der Waals surface area contributed by atoms with Crippen LogP contribution in [0.15, 0.2) is 12.4 Å². The smallest absolute Gasteiger partial charge is 0.254 e. The molecule has 2 atom stereocenters. The number of piperidine rings is 1. The normalized spacial score (nSPS) is 29.0. The molecule has 2 aromatic rings. The van der Waals surface area contributed by atoms with Crippen molar-refractivity contribution in [1.82, 2.24) is 24.9 Å². The van der Waals surface area contributed by atoms with Crippen LogP contribution in [0.5, 0.6) is 0 Å². The van der Waals surface area contributed by atoms with Gasteiger partial charge in [-0.2, -0.15) is 14.6 Å². The molecule has 4 heterocycles. The predicted molar refractivity (Wildman–Crippen MR) is 76.9 cm³/mol. The molecule has 2 unspecified atom stereocenters. The Morgan fingerprint density at radius 1 is 1.30 bits per heavy atom. The first-order chi connectivity index (χ1) is 9.70. The molecule has 0 radical (unpaired) electrons. The largest absolute Gasteiger partial charge is 0.356 e. The minimum absolute atomic E-state index is 0.572. The molecule has 20 heavy (non-hydrogen) atoms. The SMILES string of the molecule is Cc1cc(N(C)C2CC3CCC(C2)N3)n2ncnc2n1. The fourth-order valence-corrected chi connectivity index (χ4v) is 3.69. The van der Waals surface area contributed by atoms with Crippen molar-refractivity contribution in [1.29, 1.82) is 0 Å². The highest BCUT2D eigenvalue weighted by molar-refractivity contribution is 5.47. The Morgan fingerprint density at radius 3 is 2.80 bits per heavy atom. The van der Waals surface area contributed by atoms with E-state index in [1.807, 2.05) is 11.4 Å². The summed E-state index contributed by atoms with van der Waals surface area (Å²) in [6.45, 7) is 2.01. The van der Waals surface area contributed by atoms with Gasteiger partial charge in [-0.1, -0.05) is 0 Å². The number of hydrogen-bond acceptors (Lipinski definition) is 5. The molecule has 0 aliphatic carbocycles. The van der Waals surface area contributed by atoms with E-state index in [2.05, 4.69) is 38.4 Å². The van der Waals surface area contributed by atoms with E-state index in [1.165, 1.54) is 25.7 Å². The van der Waals surface area contributed by atoms with Crippen LogP contribution >= 0.6 is 0 Å². The van der Waals surface area contributed by atoms with Gasteiger partial charge in [-0.15, -0.1) is 0 Å². The van der Waals surface area contributed by atoms with Gasteiger partial charge in [-0.3, -0.25) is 0 Å². The van der Waals surface area contributed by atoms with Gasteiger partial charge >= 0.3 is 0 Å². The van der Waals surface area contributed by atoms with Gasteiger partial charge in [0.25, 0.3) is 5.78 Å². The molecule has 6 heteroatoms. The van der Waals surface area contributed by atoms with Crippen molar-refractivity contribution >= 4 is 11.6 Å². The van der Waals surface area contributed by atoms with Crippen LogP contribution < -0.4 is 10.2 Å². The van der Waals surface area contributed by atoms with Crippen molar-refractivity contribution in [2.24, 2.45) is 0 Å². The second kappa shape index (κ2) is 4.41. The summed E-state index contributed by atoms with van der Waals surface area (Å²) in [6.07, 6.45) is 6.65. The molecular formula is C14H20N6. The highest BCUT2D eigenvalue weighted by Gasteiger charge is 2.35. The molecule has 2 aliphatic rings. The molecule has 0 spiro atoms. The maximum atomic E-state index is 4.42. The number of aromatic nitrogens is 4. The average Bonchev–Trinajstić information content (AvgIpc) is 3.03. The lowest BCUT2D eigenvalue weighted by Crippen LogP contribution is -2.47. The summed E-state index contributed by atoms with van der Waals surface area (Å²) >= 11 is 0. The van der Waals surface area contributed by atoms with Crippen LogP contribution in [0.25, 0.3) is 5.78 Å². The number of nitrogens with zero attached hydrogens (tertiary/aromatic N) is 5. The second-order valence-electron chi connectivity index (χ2n) is 6.10. The molecule has 4 rings (SSSR count). The summed E-state index contributed by atoms with van der Waals surface area (Å²) < 4.78 is 1.84. The zero-order valence-electron chi connectivity index (χ0n) is 12.0. The predicted octanol–water partition coefficient (Wildman–Crippen LogP) is 1.15. The van der Waals surface area contributed by atoms with Crippen molar-refractivity contribution < 1.29 is 0 Å². The third-order valence-electron chi connectivity index (χ3n) is 4.72. The Bertz CT molecular complexity index is 624. The Morgan fingerprint density at radius 2 is 2.05 bits per heavy atom. The van der Waals surface area contributed by atoms with Gasteiger partial charge in [0.1, 0.15) is 12.1 Å². The number of fused-ring (bicyclic) bond motifs is 3. The van der Waals surface area contributed by atoms with E-state index < -0.39 is 0 Å². The van der Waals surface area contributed by atoms with Crippen molar-refractivity contribution in [3.63, 3.8) is 0 Å². The van der Waals surface area contributed by atoms with Crippen molar-refractivity contribution in [2.75, 3.05) is 11.9 Å². The molecule has 0 amide bonds. The lowest BCUT2D eigenvalue weighted by Gasteiger charge is -2.36. The van der Waals surface area contributed by atoms with Crippen LogP contribution in [0.1, 0.15) is 31.4 Å². The molecule has 6 nitrogen and oxygen atoms in total. The van der Waals surface area contributed by atoms with Crippen LogP contribution in [0, 0.1) is 6.92 Å². The molecule has 1 N–H and O–H groups in total. The summed E-state index contributed by atoms with van der Waals surface area (Å²) in [5.41, 5.74) is 0.990. The fraction of sp³-hybridized carbons (Fsp3) is 0.643. The first-order valence-corrected chi connectivity index (χ1v) is 7.37. The number of anilines is 1. The Kier molecular flexibility index (Phi) is 2.66. The molecule has 2 aliphatic heterocycles. The summed E-state index contributed by atoms with van der Waals surface area (Å²) in [4.78, 5) is 11.0. The van der Waals surface area contributed by atoms with E-state index in [1.54, 1.807) is 6.33 Å². The maximum absolute atomic E-state index is 4.42. The van der Waals surface area contributed by atoms with Crippen molar-refractivity contribution in [3.8, 4) is 0 Å². The summed E-state index contributed by atoms with van der Waals surface area (Å²) in [6, 6.07) is 4.06. The van der Waals surface area contributed by atoms with Crippen LogP contribution in [-0.4, -0.2) is 44.8 Å². The zero-order chi connectivity index (χ0) is 13.7. The second-order valence-corrected chi connectivity index (χ2v) is 6.10. The summed E-state index contributed by atoms with van der Waals surface area (Å²) in [5, 5.41) is 8.01. The first kappa shape index (κ1) is 12.1. The van der Waals surface area contributed by atoms with Crippen LogP contribution in [0.3, 0.4) is 0 Å². The van der Waals surface area contributed by atoms with Gasteiger partial charge in [0.2, 0.25) is 0 Å². The quantitative estimate of drug-likeness (QED) is 0.889. The third kappa shape index (κ3) is 1.86. The van der Waals surface area contributed by atoms with E-state index in [4.69, 9.17) is 0 Å². The Balaban J connectivity index is 1.69. The van der Waals surface area contributed by atoms with E-state index in [0.717, 1.165) is 11.5 Å². The summed E-state index contributed by atoms with van der Waals surface area (Å²) in [5.74, 6) is 1.78. The van der Waals surface area contributed by atoms with Crippen molar-refractivity contribution in [3.05, 3.63) is 18.1 Å². The van der Waals surface area contributed by atoms with Gasteiger partial charge in [0.05, 0.1) is 0 Å². The van der Waals surface area contributed by atoms with Crippen LogP contribution in [0.2, 0.25) is 0 Å². The molecule has 0 saturated carbocycles. The molecule has 2 bridgehead atoms. The molecule has 2 aromatic heterocycles. The first-order valence-electron chi connectivity index (χ1n) is 7.37. The van der Waals surface area contributed by atoms with E-state index in [9.17, 15) is 0 Å².